The molecule has 17 heavy (non-hydrogen) atoms. The fourth-order valence-corrected chi connectivity index (χ4v) is 1.81. The summed E-state index contributed by atoms with van der Waals surface area (Å²) in [6.07, 6.45) is 1.25. The summed E-state index contributed by atoms with van der Waals surface area (Å²) in [5.41, 5.74) is 2.08. The molecule has 0 amide bonds. The average Bonchev–Trinajstić information content (AvgIpc) is 2.79. The molecule has 90 valence electrons. The summed E-state index contributed by atoms with van der Waals surface area (Å²) in [5.74, 6) is 1.14. The zero-order valence-electron chi connectivity index (χ0n) is 9.48. The van der Waals surface area contributed by atoms with E-state index in [9.17, 15) is 0 Å². The summed E-state index contributed by atoms with van der Waals surface area (Å²) in [6.45, 7) is 2.16. The Morgan fingerprint density at radius 1 is 1.41 bits per heavy atom. The minimum absolute atomic E-state index is 0.133. The molecule has 0 aliphatic carbocycles. The number of halogens is 1. The van der Waals surface area contributed by atoms with E-state index in [-0.39, 0.29) is 6.61 Å². The van der Waals surface area contributed by atoms with Crippen molar-refractivity contribution in [1.82, 2.24) is 10.1 Å². The molecule has 1 heterocycles. The van der Waals surface area contributed by atoms with Crippen molar-refractivity contribution < 1.29 is 9.63 Å². The van der Waals surface area contributed by atoms with Crippen molar-refractivity contribution in [2.75, 3.05) is 6.61 Å². The lowest BCUT2D eigenvalue weighted by molar-refractivity contribution is 0.278. The number of hydrogen-bond donors (Lipinski definition) is 1. The van der Waals surface area contributed by atoms with Crippen LogP contribution in [0.15, 0.2) is 27.2 Å². The van der Waals surface area contributed by atoms with Crippen molar-refractivity contribution in [3.05, 3.63) is 34.1 Å². The van der Waals surface area contributed by atoms with Gasteiger partial charge in [0, 0.05) is 23.1 Å². The first-order valence-corrected chi connectivity index (χ1v) is 6.20. The Labute approximate surface area is 108 Å². The lowest BCUT2D eigenvalue weighted by atomic mass is 10.1. The number of aliphatic hydroxyl groups is 1. The molecule has 2 rings (SSSR count). The molecule has 0 spiro atoms. The second-order valence-corrected chi connectivity index (χ2v) is 4.66. The quantitative estimate of drug-likeness (QED) is 0.942. The van der Waals surface area contributed by atoms with E-state index in [0.717, 1.165) is 15.6 Å². The van der Waals surface area contributed by atoms with Crippen molar-refractivity contribution in [2.24, 2.45) is 0 Å². The maximum absolute atomic E-state index is 8.72. The molecule has 0 saturated carbocycles. The lowest BCUT2D eigenvalue weighted by Gasteiger charge is -1.99. The summed E-state index contributed by atoms with van der Waals surface area (Å²) in [4.78, 5) is 4.28. The Balaban J connectivity index is 2.21. The molecule has 0 aliphatic heterocycles. The minimum atomic E-state index is 0.133. The zero-order valence-corrected chi connectivity index (χ0v) is 11.1. The molecule has 0 aliphatic rings. The van der Waals surface area contributed by atoms with Crippen LogP contribution in [0, 0.1) is 6.92 Å². The minimum Gasteiger partial charge on any atom is -0.396 e. The van der Waals surface area contributed by atoms with Crippen LogP contribution in [0.1, 0.15) is 17.9 Å². The van der Waals surface area contributed by atoms with Crippen LogP contribution in [0.4, 0.5) is 0 Å². The van der Waals surface area contributed by atoms with E-state index in [1.807, 2.05) is 25.1 Å². The van der Waals surface area contributed by atoms with Gasteiger partial charge in [0.15, 0.2) is 0 Å². The van der Waals surface area contributed by atoms with E-state index in [1.165, 1.54) is 0 Å². The fourth-order valence-electron chi connectivity index (χ4n) is 1.44. The molecule has 0 atom stereocenters. The van der Waals surface area contributed by atoms with Gasteiger partial charge < -0.3 is 9.63 Å². The van der Waals surface area contributed by atoms with Crippen molar-refractivity contribution in [1.29, 1.82) is 0 Å². The molecular weight excluding hydrogens is 284 g/mol. The van der Waals surface area contributed by atoms with E-state index < -0.39 is 0 Å². The van der Waals surface area contributed by atoms with Crippen LogP contribution in [0.25, 0.3) is 11.4 Å². The standard InChI is InChI=1S/C12H13BrN2O2/c1-8-4-5-9(7-10(8)13)12-14-11(17-15-12)3-2-6-16/h4-5,7,16H,2-3,6H2,1H3. The molecular formula is C12H13BrN2O2. The smallest absolute Gasteiger partial charge is 0.227 e. The predicted octanol–water partition coefficient (Wildman–Crippen LogP) is 2.73. The summed E-state index contributed by atoms with van der Waals surface area (Å²) in [6, 6.07) is 5.93. The van der Waals surface area contributed by atoms with Crippen LogP contribution in [0.2, 0.25) is 0 Å². The van der Waals surface area contributed by atoms with Gasteiger partial charge in [0.1, 0.15) is 0 Å². The van der Waals surface area contributed by atoms with Crippen molar-refractivity contribution in [3.8, 4) is 11.4 Å². The third-order valence-electron chi connectivity index (χ3n) is 2.45. The fraction of sp³-hybridized carbons (Fsp3) is 0.333. The van der Waals surface area contributed by atoms with E-state index in [2.05, 4.69) is 26.1 Å². The van der Waals surface area contributed by atoms with Gasteiger partial charge in [-0.05, 0) is 25.0 Å². The molecule has 4 nitrogen and oxygen atoms in total. The van der Waals surface area contributed by atoms with E-state index in [4.69, 9.17) is 9.63 Å². The van der Waals surface area contributed by atoms with Gasteiger partial charge in [-0.25, -0.2) is 0 Å². The second-order valence-electron chi connectivity index (χ2n) is 3.80. The molecule has 0 bridgehead atoms. The Bertz CT molecular complexity index is 511. The highest BCUT2D eigenvalue weighted by Gasteiger charge is 2.09. The normalized spacial score (nSPS) is 10.8. The maximum Gasteiger partial charge on any atom is 0.227 e. The molecule has 5 heteroatoms. The van der Waals surface area contributed by atoms with Gasteiger partial charge >= 0.3 is 0 Å². The topological polar surface area (TPSA) is 59.2 Å². The van der Waals surface area contributed by atoms with Gasteiger partial charge in [0.25, 0.3) is 0 Å². The highest BCUT2D eigenvalue weighted by Crippen LogP contribution is 2.23. The van der Waals surface area contributed by atoms with Gasteiger partial charge in [-0.1, -0.05) is 33.2 Å². The molecule has 2 aromatic rings. The van der Waals surface area contributed by atoms with Gasteiger partial charge in [0.2, 0.25) is 11.7 Å². The van der Waals surface area contributed by atoms with Crippen molar-refractivity contribution in [2.45, 2.75) is 19.8 Å². The summed E-state index contributed by atoms with van der Waals surface area (Å²) in [7, 11) is 0. The number of aryl methyl sites for hydroxylation is 2. The maximum atomic E-state index is 8.72. The Morgan fingerprint density at radius 2 is 2.24 bits per heavy atom. The number of hydrogen-bond acceptors (Lipinski definition) is 4. The highest BCUT2D eigenvalue weighted by molar-refractivity contribution is 9.10. The SMILES string of the molecule is Cc1ccc(-c2noc(CCCO)n2)cc1Br. The largest absolute Gasteiger partial charge is 0.396 e. The molecule has 0 saturated heterocycles. The summed E-state index contributed by atoms with van der Waals surface area (Å²) < 4.78 is 6.13. The van der Waals surface area contributed by atoms with Crippen molar-refractivity contribution in [3.63, 3.8) is 0 Å². The second kappa shape index (κ2) is 5.42. The van der Waals surface area contributed by atoms with Crippen LogP contribution in [-0.2, 0) is 6.42 Å². The zero-order chi connectivity index (χ0) is 12.3. The monoisotopic (exact) mass is 296 g/mol. The predicted molar refractivity (Wildman–Crippen MR) is 67.6 cm³/mol. The average molecular weight is 297 g/mol. The van der Waals surface area contributed by atoms with Crippen LogP contribution < -0.4 is 0 Å². The van der Waals surface area contributed by atoms with E-state index in [0.29, 0.717) is 24.6 Å². The van der Waals surface area contributed by atoms with E-state index in [1.54, 1.807) is 0 Å². The first-order chi connectivity index (χ1) is 8.20. The number of benzene rings is 1. The van der Waals surface area contributed by atoms with Gasteiger partial charge in [-0.3, -0.25) is 0 Å². The van der Waals surface area contributed by atoms with Crippen LogP contribution >= 0.6 is 15.9 Å². The van der Waals surface area contributed by atoms with E-state index >= 15 is 0 Å². The van der Waals surface area contributed by atoms with Crippen LogP contribution in [0.3, 0.4) is 0 Å². The third kappa shape index (κ3) is 2.92. The number of rotatable bonds is 4. The van der Waals surface area contributed by atoms with Crippen LogP contribution in [0.5, 0.6) is 0 Å². The molecule has 0 unspecified atom stereocenters. The Kier molecular flexibility index (Phi) is 3.91. The van der Waals surface area contributed by atoms with Gasteiger partial charge in [-0.2, -0.15) is 4.98 Å². The number of aliphatic hydroxyl groups excluding tert-OH is 1. The molecule has 0 radical (unpaired) electrons. The number of nitrogens with zero attached hydrogens (tertiary/aromatic N) is 2. The summed E-state index contributed by atoms with van der Waals surface area (Å²) >= 11 is 3.47. The summed E-state index contributed by atoms with van der Waals surface area (Å²) in [5, 5.41) is 12.6. The van der Waals surface area contributed by atoms with Crippen molar-refractivity contribution >= 4 is 15.9 Å². The van der Waals surface area contributed by atoms with Gasteiger partial charge in [0.05, 0.1) is 0 Å². The Hall–Kier alpha value is -1.20. The molecule has 1 aromatic carbocycles. The lowest BCUT2D eigenvalue weighted by Crippen LogP contribution is -1.89. The number of aromatic nitrogens is 2. The molecule has 1 N–H and O–H groups in total. The first-order valence-electron chi connectivity index (χ1n) is 5.40. The highest BCUT2D eigenvalue weighted by atomic mass is 79.9. The molecule has 0 fully saturated rings. The first kappa shape index (κ1) is 12.3. The Morgan fingerprint density at radius 3 is 2.94 bits per heavy atom. The van der Waals surface area contributed by atoms with Crippen LogP contribution in [-0.4, -0.2) is 21.9 Å². The third-order valence-corrected chi connectivity index (χ3v) is 3.30. The van der Waals surface area contributed by atoms with Gasteiger partial charge in [-0.15, -0.1) is 0 Å². The molecule has 1 aromatic heterocycles.